The number of halogens is 3. The van der Waals surface area contributed by atoms with E-state index in [2.05, 4.69) is 31.2 Å². The van der Waals surface area contributed by atoms with Crippen molar-refractivity contribution in [3.05, 3.63) is 44.2 Å². The molecule has 0 aliphatic carbocycles. The molecule has 0 fully saturated rings. The molecule has 1 N–H and O–H groups in total. The SMILES string of the molecule is CC1(C)Oc2nc(Br)nc(C(=O)NCc3cc(Cl)cc(Cl)c3)c2O1. The predicted molar refractivity (Wildman–Crippen MR) is 92.7 cm³/mol. The molecular formula is C15H12BrCl2N3O3. The maximum atomic E-state index is 12.5. The molecule has 3 rings (SSSR count). The predicted octanol–water partition coefficient (Wildman–Crippen LogP) is 3.98. The molecule has 1 aromatic heterocycles. The van der Waals surface area contributed by atoms with E-state index in [1.807, 2.05) is 0 Å². The van der Waals surface area contributed by atoms with Gasteiger partial charge in [-0.15, -0.1) is 0 Å². The van der Waals surface area contributed by atoms with E-state index in [-0.39, 0.29) is 28.6 Å². The van der Waals surface area contributed by atoms with E-state index < -0.39 is 11.7 Å². The van der Waals surface area contributed by atoms with Gasteiger partial charge in [0, 0.05) is 30.4 Å². The summed E-state index contributed by atoms with van der Waals surface area (Å²) in [6.07, 6.45) is 0. The number of hydrogen-bond acceptors (Lipinski definition) is 5. The molecule has 0 atom stereocenters. The quantitative estimate of drug-likeness (QED) is 0.742. The van der Waals surface area contributed by atoms with Crippen LogP contribution >= 0.6 is 39.1 Å². The molecule has 6 nitrogen and oxygen atoms in total. The van der Waals surface area contributed by atoms with Gasteiger partial charge >= 0.3 is 0 Å². The first-order valence-corrected chi connectivity index (χ1v) is 8.47. The van der Waals surface area contributed by atoms with Gasteiger partial charge in [-0.2, -0.15) is 4.98 Å². The van der Waals surface area contributed by atoms with Crippen molar-refractivity contribution in [2.45, 2.75) is 26.2 Å². The van der Waals surface area contributed by atoms with Crippen LogP contribution in [0.5, 0.6) is 11.6 Å². The zero-order chi connectivity index (χ0) is 17.5. The largest absolute Gasteiger partial charge is 0.445 e. The molecular weight excluding hydrogens is 421 g/mol. The minimum Gasteiger partial charge on any atom is -0.445 e. The van der Waals surface area contributed by atoms with E-state index in [1.165, 1.54) is 0 Å². The van der Waals surface area contributed by atoms with Gasteiger partial charge in [0.1, 0.15) is 0 Å². The summed E-state index contributed by atoms with van der Waals surface area (Å²) in [6, 6.07) is 5.06. The van der Waals surface area contributed by atoms with Gasteiger partial charge in [0.15, 0.2) is 5.69 Å². The number of amides is 1. The Morgan fingerprint density at radius 3 is 2.54 bits per heavy atom. The zero-order valence-corrected chi connectivity index (χ0v) is 15.8. The molecule has 0 spiro atoms. The minimum absolute atomic E-state index is 0.0885. The number of nitrogens with one attached hydrogen (secondary N) is 1. The van der Waals surface area contributed by atoms with Crippen LogP contribution < -0.4 is 14.8 Å². The van der Waals surface area contributed by atoms with Gasteiger partial charge in [-0.3, -0.25) is 4.79 Å². The first-order chi connectivity index (χ1) is 11.2. The van der Waals surface area contributed by atoms with Gasteiger partial charge in [-0.05, 0) is 39.7 Å². The highest BCUT2D eigenvalue weighted by atomic mass is 79.9. The highest BCUT2D eigenvalue weighted by Gasteiger charge is 2.37. The standard InChI is InChI=1S/C15H12BrCl2N3O3/c1-15(2)23-11-10(20-14(16)21-13(11)24-15)12(22)19-6-7-3-8(17)5-9(18)4-7/h3-5H,6H2,1-2H3,(H,19,22). The van der Waals surface area contributed by atoms with Gasteiger partial charge in [0.2, 0.25) is 16.3 Å². The number of carbonyl (C=O) groups is 1. The average Bonchev–Trinajstić information content (AvgIpc) is 2.76. The molecule has 126 valence electrons. The van der Waals surface area contributed by atoms with Crippen LogP contribution in [0.4, 0.5) is 0 Å². The van der Waals surface area contributed by atoms with Gasteiger partial charge in [0.25, 0.3) is 11.8 Å². The Balaban J connectivity index is 1.81. The lowest BCUT2D eigenvalue weighted by Gasteiger charge is -2.15. The van der Waals surface area contributed by atoms with Crippen molar-refractivity contribution >= 4 is 45.0 Å². The average molecular weight is 433 g/mol. The first-order valence-electron chi connectivity index (χ1n) is 6.92. The van der Waals surface area contributed by atoms with Crippen LogP contribution in [0.1, 0.15) is 29.9 Å². The molecule has 1 aromatic carbocycles. The lowest BCUT2D eigenvalue weighted by molar-refractivity contribution is -0.0450. The molecule has 2 aromatic rings. The van der Waals surface area contributed by atoms with Gasteiger partial charge < -0.3 is 14.8 Å². The number of ether oxygens (including phenoxy) is 2. The van der Waals surface area contributed by atoms with E-state index in [4.69, 9.17) is 32.7 Å². The van der Waals surface area contributed by atoms with Crippen LogP contribution in [0, 0.1) is 0 Å². The second-order valence-electron chi connectivity index (χ2n) is 5.54. The van der Waals surface area contributed by atoms with Gasteiger partial charge in [-0.1, -0.05) is 23.2 Å². The summed E-state index contributed by atoms with van der Waals surface area (Å²) in [5, 5.41) is 3.74. The summed E-state index contributed by atoms with van der Waals surface area (Å²) in [4.78, 5) is 20.7. The van der Waals surface area contributed by atoms with Crippen LogP contribution in [-0.4, -0.2) is 21.7 Å². The molecule has 0 bridgehead atoms. The number of carbonyl (C=O) groups excluding carboxylic acids is 1. The number of hydrogen-bond donors (Lipinski definition) is 1. The Morgan fingerprint density at radius 2 is 1.88 bits per heavy atom. The topological polar surface area (TPSA) is 73.3 Å². The van der Waals surface area contributed by atoms with Crippen LogP contribution in [0.25, 0.3) is 0 Å². The minimum atomic E-state index is -0.909. The fourth-order valence-corrected chi connectivity index (χ4v) is 3.11. The lowest BCUT2D eigenvalue weighted by Crippen LogP contribution is -2.30. The third-order valence-corrected chi connectivity index (χ3v) is 3.88. The molecule has 1 aliphatic rings. The second-order valence-corrected chi connectivity index (χ2v) is 7.12. The van der Waals surface area contributed by atoms with Gasteiger partial charge in [0.05, 0.1) is 0 Å². The summed E-state index contributed by atoms with van der Waals surface area (Å²) in [5.74, 6) is -0.901. The summed E-state index contributed by atoms with van der Waals surface area (Å²) >= 11 is 15.1. The molecule has 9 heteroatoms. The van der Waals surface area contributed by atoms with E-state index in [0.29, 0.717) is 10.0 Å². The summed E-state index contributed by atoms with van der Waals surface area (Å²) < 4.78 is 11.4. The molecule has 2 heterocycles. The third kappa shape index (κ3) is 3.74. The van der Waals surface area contributed by atoms with Crippen molar-refractivity contribution < 1.29 is 14.3 Å². The smallest absolute Gasteiger partial charge is 0.274 e. The Hall–Kier alpha value is -1.57. The van der Waals surface area contributed by atoms with Crippen molar-refractivity contribution in [1.29, 1.82) is 0 Å². The zero-order valence-electron chi connectivity index (χ0n) is 12.7. The number of aromatic nitrogens is 2. The first kappa shape index (κ1) is 17.3. The van der Waals surface area contributed by atoms with E-state index in [0.717, 1.165) is 5.56 Å². The van der Waals surface area contributed by atoms with Crippen molar-refractivity contribution in [2.24, 2.45) is 0 Å². The van der Waals surface area contributed by atoms with Crippen molar-refractivity contribution in [2.75, 3.05) is 0 Å². The van der Waals surface area contributed by atoms with Crippen LogP contribution in [-0.2, 0) is 6.54 Å². The molecule has 0 saturated heterocycles. The molecule has 1 aliphatic heterocycles. The monoisotopic (exact) mass is 431 g/mol. The maximum absolute atomic E-state index is 12.5. The second kappa shape index (κ2) is 6.38. The Kier molecular flexibility index (Phi) is 4.59. The lowest BCUT2D eigenvalue weighted by atomic mass is 10.2. The highest BCUT2D eigenvalue weighted by Crippen LogP contribution is 2.40. The molecule has 0 saturated carbocycles. The Bertz CT molecular complexity index is 810. The number of benzene rings is 1. The van der Waals surface area contributed by atoms with E-state index in [9.17, 15) is 4.79 Å². The number of fused-ring (bicyclic) bond motifs is 1. The molecule has 0 radical (unpaired) electrons. The number of rotatable bonds is 3. The van der Waals surface area contributed by atoms with E-state index in [1.54, 1.807) is 32.0 Å². The third-order valence-electron chi connectivity index (χ3n) is 3.09. The van der Waals surface area contributed by atoms with Gasteiger partial charge in [-0.25, -0.2) is 4.98 Å². The van der Waals surface area contributed by atoms with Crippen LogP contribution in [0.3, 0.4) is 0 Å². The summed E-state index contributed by atoms with van der Waals surface area (Å²) in [6.45, 7) is 3.68. The van der Waals surface area contributed by atoms with Crippen LogP contribution in [0.2, 0.25) is 10.0 Å². The Labute approximate surface area is 156 Å². The summed E-state index contributed by atoms with van der Waals surface area (Å²) in [5.41, 5.74) is 0.855. The summed E-state index contributed by atoms with van der Waals surface area (Å²) in [7, 11) is 0. The van der Waals surface area contributed by atoms with Crippen molar-refractivity contribution in [3.8, 4) is 11.6 Å². The van der Waals surface area contributed by atoms with Crippen LogP contribution in [0.15, 0.2) is 22.9 Å². The normalized spacial score (nSPS) is 14.5. The molecule has 1 amide bonds. The fraction of sp³-hybridized carbons (Fsp3) is 0.267. The molecule has 0 unspecified atom stereocenters. The maximum Gasteiger partial charge on any atom is 0.274 e. The Morgan fingerprint density at radius 1 is 1.21 bits per heavy atom. The van der Waals surface area contributed by atoms with Crippen molar-refractivity contribution in [3.63, 3.8) is 0 Å². The fourth-order valence-electron chi connectivity index (χ4n) is 2.20. The molecule has 24 heavy (non-hydrogen) atoms. The highest BCUT2D eigenvalue weighted by molar-refractivity contribution is 9.10. The van der Waals surface area contributed by atoms with E-state index >= 15 is 0 Å². The van der Waals surface area contributed by atoms with Crippen molar-refractivity contribution in [1.82, 2.24) is 15.3 Å². The number of nitrogens with zero attached hydrogens (tertiary/aromatic N) is 2.